The molecule has 7 heteroatoms. The predicted octanol–water partition coefficient (Wildman–Crippen LogP) is 9.83. The topological polar surface area (TPSA) is 45.2 Å². The number of aromatic nitrogens is 3. The van der Waals surface area contributed by atoms with Crippen LogP contribution in [0.2, 0.25) is 0 Å². The van der Waals surface area contributed by atoms with Crippen LogP contribution in [0.25, 0.3) is 22.8 Å². The maximum atomic E-state index is 5.09. The molecule has 0 fully saturated rings. The van der Waals surface area contributed by atoms with Crippen LogP contribution in [-0.2, 0) is 0 Å². The van der Waals surface area contributed by atoms with E-state index in [4.69, 9.17) is 15.0 Å². The summed E-state index contributed by atoms with van der Waals surface area (Å²) in [7, 11) is -1.23. The molecule has 0 N–H and O–H groups in total. The Bertz CT molecular complexity index is 1650. The first-order chi connectivity index (χ1) is 19.7. The number of hydrogen-bond donors (Lipinski definition) is 0. The monoisotopic (exact) mass is 601 g/mol. The fourth-order valence-corrected chi connectivity index (χ4v) is 7.35. The quantitative estimate of drug-likeness (QED) is 0.137. The zero-order chi connectivity index (χ0) is 27.5. The van der Waals surface area contributed by atoms with Gasteiger partial charge in [-0.1, -0.05) is 126 Å². The molecule has 0 saturated heterocycles. The highest BCUT2D eigenvalue weighted by Gasteiger charge is 2.42. The molecule has 5 nitrogen and oxygen atoms in total. The normalized spacial score (nSPS) is 14.6. The molecule has 1 aliphatic rings. The number of para-hydroxylation sites is 1. The molecule has 0 saturated carbocycles. The van der Waals surface area contributed by atoms with Gasteiger partial charge in [-0.2, -0.15) is 9.97 Å². The fraction of sp³-hybridized carbons (Fsp3) is 0. The number of fused-ring (bicyclic) bond motifs is 1. The van der Waals surface area contributed by atoms with Crippen molar-refractivity contribution in [2.75, 3.05) is 9.34 Å². The van der Waals surface area contributed by atoms with E-state index in [2.05, 4.69) is 80.9 Å². The molecule has 194 valence electrons. The number of allylic oxidation sites excluding steroid dienone is 4. The van der Waals surface area contributed by atoms with Crippen LogP contribution >= 0.6 is 24.2 Å². The number of hydrogen-bond acceptors (Lipinski definition) is 5. The second-order valence-electron chi connectivity index (χ2n) is 8.93. The summed E-state index contributed by atoms with van der Waals surface area (Å²) in [5.41, 5.74) is 4.96. The van der Waals surface area contributed by atoms with Gasteiger partial charge in [-0.05, 0) is 30.3 Å². The number of halogens is 1. The molecule has 40 heavy (non-hydrogen) atoms. The molecule has 5 aromatic rings. The molecule has 1 aliphatic heterocycles. The van der Waals surface area contributed by atoms with E-state index >= 15 is 0 Å². The number of nitrogens with zero attached hydrogens (tertiary/aromatic N) is 5. The average molecular weight is 602 g/mol. The Balaban J connectivity index is 1.64. The summed E-state index contributed by atoms with van der Waals surface area (Å²) >= 11 is 3.71. The van der Waals surface area contributed by atoms with E-state index in [0.717, 1.165) is 38.0 Å². The minimum absolute atomic E-state index is 0.563. The van der Waals surface area contributed by atoms with Crippen LogP contribution in [0.4, 0.5) is 23.0 Å². The summed E-state index contributed by atoms with van der Waals surface area (Å²) in [5, 5.41) is 1.02. The number of benzene rings is 4. The fourth-order valence-electron chi connectivity index (χ4n) is 4.61. The van der Waals surface area contributed by atoms with E-state index in [1.165, 1.54) is 0 Å². The van der Waals surface area contributed by atoms with Crippen LogP contribution in [0.3, 0.4) is 0 Å². The van der Waals surface area contributed by atoms with Gasteiger partial charge in [0.1, 0.15) is 8.22 Å². The summed E-state index contributed by atoms with van der Waals surface area (Å²) < 4.78 is 5.54. The van der Waals surface area contributed by atoms with Gasteiger partial charge in [0, 0.05) is 26.6 Å². The lowest BCUT2D eigenvalue weighted by Gasteiger charge is -2.32. The van der Waals surface area contributed by atoms with Crippen LogP contribution in [0.15, 0.2) is 150 Å². The molecule has 0 spiro atoms. The van der Waals surface area contributed by atoms with Crippen molar-refractivity contribution in [1.29, 1.82) is 0 Å². The number of rotatable bonds is 7. The lowest BCUT2D eigenvalue weighted by atomic mass is 10.2. The second kappa shape index (κ2) is 11.4. The predicted molar refractivity (Wildman–Crippen MR) is 171 cm³/mol. The summed E-state index contributed by atoms with van der Waals surface area (Å²) in [6.07, 6.45) is 5.71. The van der Waals surface area contributed by atoms with Gasteiger partial charge in [-0.3, -0.25) is 9.34 Å². The summed E-state index contributed by atoms with van der Waals surface area (Å²) in [6.45, 7) is 8.16. The van der Waals surface area contributed by atoms with Gasteiger partial charge in [0.2, 0.25) is 5.95 Å². The van der Waals surface area contributed by atoms with Gasteiger partial charge in [0.05, 0.1) is 11.4 Å². The molecule has 6 rings (SSSR count). The van der Waals surface area contributed by atoms with Crippen molar-refractivity contribution in [3.05, 3.63) is 150 Å². The van der Waals surface area contributed by atoms with Crippen molar-refractivity contribution in [2.24, 2.45) is 0 Å². The van der Waals surface area contributed by atoms with Crippen molar-refractivity contribution < 1.29 is 0 Å². The summed E-state index contributed by atoms with van der Waals surface area (Å²) in [6, 6.07) is 36.8. The Morgan fingerprint density at radius 1 is 0.675 bits per heavy atom. The molecule has 1 atom stereocenters. The van der Waals surface area contributed by atoms with Crippen LogP contribution < -0.4 is 9.34 Å². The molecule has 0 bridgehead atoms. The molecule has 1 unspecified atom stereocenters. The van der Waals surface area contributed by atoms with E-state index in [1.807, 2.05) is 78.9 Å². The van der Waals surface area contributed by atoms with Crippen LogP contribution in [0, 0.1) is 0 Å². The molecule has 0 aliphatic carbocycles. The van der Waals surface area contributed by atoms with Crippen molar-refractivity contribution in [2.45, 2.75) is 0 Å². The molecular formula is C33H25BrN5P. The van der Waals surface area contributed by atoms with Crippen molar-refractivity contribution in [3.63, 3.8) is 0 Å². The summed E-state index contributed by atoms with van der Waals surface area (Å²) in [5.74, 6) is 1.79. The highest BCUT2D eigenvalue weighted by Crippen LogP contribution is 2.69. The Labute approximate surface area is 243 Å². The van der Waals surface area contributed by atoms with Crippen LogP contribution in [-0.4, -0.2) is 15.0 Å². The van der Waals surface area contributed by atoms with E-state index in [-0.39, 0.29) is 0 Å². The Kier molecular flexibility index (Phi) is 7.37. The van der Waals surface area contributed by atoms with E-state index in [0.29, 0.717) is 17.6 Å². The highest BCUT2D eigenvalue weighted by atomic mass is 79.9. The molecule has 1 aromatic heterocycles. The molecule has 0 amide bonds. The van der Waals surface area contributed by atoms with Gasteiger partial charge in [-0.25, -0.2) is 4.98 Å². The Morgan fingerprint density at radius 2 is 1.25 bits per heavy atom. The van der Waals surface area contributed by atoms with Crippen molar-refractivity contribution in [1.82, 2.24) is 15.0 Å². The van der Waals surface area contributed by atoms with Crippen LogP contribution in [0.5, 0.6) is 0 Å². The first kappa shape index (κ1) is 25.9. The third kappa shape index (κ3) is 4.88. The van der Waals surface area contributed by atoms with Gasteiger partial charge in [0.25, 0.3) is 0 Å². The van der Waals surface area contributed by atoms with E-state index in [1.54, 1.807) is 6.08 Å². The lowest BCUT2D eigenvalue weighted by molar-refractivity contribution is 1.05. The Hall–Kier alpha value is -4.38. The maximum absolute atomic E-state index is 5.09. The minimum Gasteiger partial charge on any atom is -0.296 e. The first-order valence-corrected chi connectivity index (χ1v) is 14.8. The first-order valence-electron chi connectivity index (χ1n) is 12.7. The van der Waals surface area contributed by atoms with E-state index in [9.17, 15) is 0 Å². The molecule has 4 aromatic carbocycles. The van der Waals surface area contributed by atoms with Crippen molar-refractivity contribution >= 4 is 47.2 Å². The second-order valence-corrected chi connectivity index (χ2v) is 11.7. The number of anilines is 4. The minimum atomic E-state index is -1.23. The molecular weight excluding hydrogens is 577 g/mol. The van der Waals surface area contributed by atoms with Gasteiger partial charge in [0.15, 0.2) is 11.6 Å². The molecule has 0 radical (unpaired) electrons. The third-order valence-electron chi connectivity index (χ3n) is 6.38. The zero-order valence-electron chi connectivity index (χ0n) is 21.6. The third-order valence-corrected chi connectivity index (χ3v) is 9.26. The lowest BCUT2D eigenvalue weighted by Crippen LogP contribution is -2.17. The largest absolute Gasteiger partial charge is 0.296 e. The maximum Gasteiger partial charge on any atom is 0.239 e. The smallest absolute Gasteiger partial charge is 0.239 e. The average Bonchev–Trinajstić information content (AvgIpc) is 3.35. The standard InChI is InChI=1S/C33H25BrN5P/c1-3-14-28(4-2)40-38(27-19-12-7-13-20-27)29-22-21-26(34)23-30(29)39(40)33-36-31(24-15-8-5-9-16-24)35-32(37-33)25-17-10-6-11-18-25/h3-23H,1-2H2/b28-14+. The van der Waals surface area contributed by atoms with Gasteiger partial charge < -0.3 is 0 Å². The van der Waals surface area contributed by atoms with Crippen LogP contribution in [0.1, 0.15) is 0 Å². The molecule has 2 heterocycles. The van der Waals surface area contributed by atoms with Gasteiger partial charge in [-0.15, -0.1) is 0 Å². The Morgan fingerprint density at radius 3 is 1.80 bits per heavy atom. The zero-order valence-corrected chi connectivity index (χ0v) is 24.1. The highest BCUT2D eigenvalue weighted by molar-refractivity contribution is 9.10. The van der Waals surface area contributed by atoms with E-state index < -0.39 is 8.22 Å². The SMILES string of the molecule is C=C/C=C(\C=C)P1N(c2ccccc2)c2ccc(Br)cc2N1c1nc(-c2ccccc2)nc(-c2ccccc2)n1. The van der Waals surface area contributed by atoms with Gasteiger partial charge >= 0.3 is 0 Å². The van der Waals surface area contributed by atoms with Crippen molar-refractivity contribution in [3.8, 4) is 22.8 Å². The summed E-state index contributed by atoms with van der Waals surface area (Å²) in [4.78, 5) is 15.1.